The van der Waals surface area contributed by atoms with Crippen molar-refractivity contribution in [2.45, 2.75) is 18.6 Å². The number of rotatable bonds is 9. The number of carbonyl (C=O) groups is 2. The van der Waals surface area contributed by atoms with Crippen LogP contribution in [-0.2, 0) is 11.2 Å². The fourth-order valence-electron chi connectivity index (χ4n) is 3.20. The number of carbonyl (C=O) groups excluding carboxylic acids is 2. The molecule has 9 heteroatoms. The van der Waals surface area contributed by atoms with E-state index < -0.39 is 0 Å². The fourth-order valence-corrected chi connectivity index (χ4v) is 4.06. The van der Waals surface area contributed by atoms with Crippen molar-refractivity contribution in [3.63, 3.8) is 0 Å². The number of nitrogens with one attached hydrogen (secondary N) is 1. The second-order valence-electron chi connectivity index (χ2n) is 7.63. The molecule has 1 fully saturated rings. The van der Waals surface area contributed by atoms with Crippen LogP contribution in [0.25, 0.3) is 0 Å². The molecule has 1 N–H and O–H groups in total. The highest BCUT2D eigenvalue weighted by atomic mass is 32.2. The quantitative estimate of drug-likeness (QED) is 0.508. The minimum atomic E-state index is -0.370. The number of hydrogen-bond acceptors (Lipinski definition) is 8. The van der Waals surface area contributed by atoms with Gasteiger partial charge < -0.3 is 14.4 Å². The van der Waals surface area contributed by atoms with Crippen LogP contribution in [0.1, 0.15) is 11.1 Å². The lowest BCUT2D eigenvalue weighted by Crippen LogP contribution is -2.25. The van der Waals surface area contributed by atoms with Gasteiger partial charge in [0.1, 0.15) is 30.3 Å². The van der Waals surface area contributed by atoms with E-state index in [0.29, 0.717) is 25.5 Å². The zero-order chi connectivity index (χ0) is 23.2. The molecule has 8 nitrogen and oxygen atoms in total. The van der Waals surface area contributed by atoms with Crippen LogP contribution >= 0.6 is 11.8 Å². The monoisotopic (exact) mass is 464 g/mol. The molecular weight excluding hydrogens is 440 g/mol. The van der Waals surface area contributed by atoms with Crippen LogP contribution in [0.2, 0.25) is 0 Å². The van der Waals surface area contributed by atoms with Crippen LogP contribution in [0, 0.1) is 6.92 Å². The van der Waals surface area contributed by atoms with Crippen LogP contribution in [0.15, 0.2) is 60.9 Å². The minimum absolute atomic E-state index is 0.231. The molecule has 0 radical (unpaired) electrons. The molecule has 1 saturated heterocycles. The Morgan fingerprint density at radius 2 is 1.76 bits per heavy atom. The first-order valence-corrected chi connectivity index (χ1v) is 11.3. The summed E-state index contributed by atoms with van der Waals surface area (Å²) >= 11 is 1.03. The molecule has 33 heavy (non-hydrogen) atoms. The average molecular weight is 465 g/mol. The van der Waals surface area contributed by atoms with Crippen LogP contribution in [-0.4, -0.2) is 46.6 Å². The molecule has 170 valence electrons. The van der Waals surface area contributed by atoms with Crippen molar-refractivity contribution in [1.29, 1.82) is 0 Å². The summed E-state index contributed by atoms with van der Waals surface area (Å²) in [5.41, 5.74) is 2.14. The van der Waals surface area contributed by atoms with E-state index in [9.17, 15) is 9.59 Å². The molecule has 1 aliphatic rings. The number of thioether (sulfide) groups is 1. The molecule has 1 aliphatic heterocycles. The van der Waals surface area contributed by atoms with Crippen molar-refractivity contribution in [3.8, 4) is 17.4 Å². The average Bonchev–Trinajstić information content (AvgIpc) is 3.13. The molecule has 1 atom stereocenters. The number of likely N-dealkylation sites (N-methyl/N-ethyl adjacent to an activating group) is 1. The summed E-state index contributed by atoms with van der Waals surface area (Å²) in [6.07, 6.45) is 1.98. The predicted octanol–water partition coefficient (Wildman–Crippen LogP) is 3.99. The highest BCUT2D eigenvalue weighted by Crippen LogP contribution is 2.24. The van der Waals surface area contributed by atoms with E-state index in [2.05, 4.69) is 15.3 Å². The van der Waals surface area contributed by atoms with Crippen LogP contribution in [0.5, 0.6) is 17.4 Å². The summed E-state index contributed by atoms with van der Waals surface area (Å²) in [6, 6.07) is 17.1. The molecule has 3 aromatic rings. The van der Waals surface area contributed by atoms with Gasteiger partial charge in [0.25, 0.3) is 5.24 Å². The van der Waals surface area contributed by atoms with Gasteiger partial charge in [0.15, 0.2) is 0 Å². The molecule has 1 aromatic heterocycles. The molecular formula is C24H24N4O4S. The Hall–Kier alpha value is -3.59. The van der Waals surface area contributed by atoms with E-state index in [0.717, 1.165) is 40.2 Å². The first kappa shape index (κ1) is 22.6. The maximum Gasteiger partial charge on any atom is 0.286 e. The second-order valence-corrected chi connectivity index (χ2v) is 8.81. The molecule has 2 amide bonds. The number of aryl methyl sites for hydroxylation is 1. The molecule has 2 heterocycles. The van der Waals surface area contributed by atoms with Crippen molar-refractivity contribution in [2.75, 3.05) is 25.1 Å². The molecule has 1 unspecified atom stereocenters. The topological polar surface area (TPSA) is 93.7 Å². The summed E-state index contributed by atoms with van der Waals surface area (Å²) in [4.78, 5) is 33.5. The van der Waals surface area contributed by atoms with Crippen LogP contribution in [0.4, 0.5) is 10.6 Å². The predicted molar refractivity (Wildman–Crippen MR) is 127 cm³/mol. The normalized spacial score (nSPS) is 15.3. The lowest BCUT2D eigenvalue weighted by molar-refractivity contribution is -0.118. The smallest absolute Gasteiger partial charge is 0.286 e. The van der Waals surface area contributed by atoms with Gasteiger partial charge in [-0.3, -0.25) is 14.9 Å². The Kier molecular flexibility index (Phi) is 7.09. The summed E-state index contributed by atoms with van der Waals surface area (Å²) < 4.78 is 11.7. The summed E-state index contributed by atoms with van der Waals surface area (Å²) in [6.45, 7) is 3.10. The molecule has 0 saturated carbocycles. The summed E-state index contributed by atoms with van der Waals surface area (Å²) in [5, 5.41) is 1.65. The minimum Gasteiger partial charge on any atom is -0.492 e. The van der Waals surface area contributed by atoms with Gasteiger partial charge in [-0.15, -0.1) is 0 Å². The number of ether oxygens (including phenoxy) is 2. The molecule has 4 rings (SSSR count). The zero-order valence-corrected chi connectivity index (χ0v) is 19.2. The van der Waals surface area contributed by atoms with Crippen molar-refractivity contribution in [2.24, 2.45) is 0 Å². The maximum atomic E-state index is 11.7. The van der Waals surface area contributed by atoms with Gasteiger partial charge in [-0.2, -0.15) is 0 Å². The number of imide groups is 1. The third kappa shape index (κ3) is 6.23. The number of aromatic nitrogens is 2. The number of anilines is 1. The van der Waals surface area contributed by atoms with Crippen LogP contribution < -0.4 is 19.7 Å². The van der Waals surface area contributed by atoms with Gasteiger partial charge in [-0.1, -0.05) is 41.6 Å². The van der Waals surface area contributed by atoms with Gasteiger partial charge in [0.2, 0.25) is 11.8 Å². The number of nitrogens with zero attached hydrogens (tertiary/aromatic N) is 3. The maximum absolute atomic E-state index is 11.7. The first-order chi connectivity index (χ1) is 16.0. The highest BCUT2D eigenvalue weighted by Gasteiger charge is 2.31. The number of hydrogen-bond donors (Lipinski definition) is 1. The zero-order valence-electron chi connectivity index (χ0n) is 18.4. The Labute approximate surface area is 196 Å². The Balaban J connectivity index is 1.26. The lowest BCUT2D eigenvalue weighted by Gasteiger charge is -2.18. The van der Waals surface area contributed by atoms with Gasteiger partial charge >= 0.3 is 0 Å². The molecule has 0 spiro atoms. The standard InChI is InChI=1S/C24H24N4O4S/c1-16-3-7-19(8-4-16)32-22-14-21(25-15-26-22)28(2)11-12-31-18-9-5-17(6-10-18)13-20-23(29)27-24(30)33-20/h3-10,14-15,20H,11-13H2,1-2H3,(H,27,29,30). The van der Waals surface area contributed by atoms with Gasteiger partial charge in [0, 0.05) is 13.1 Å². The van der Waals surface area contributed by atoms with Crippen molar-refractivity contribution >= 4 is 28.7 Å². The van der Waals surface area contributed by atoms with Gasteiger partial charge in [-0.05, 0) is 43.2 Å². The number of amides is 2. The fraction of sp³-hybridized carbons (Fsp3) is 0.250. The van der Waals surface area contributed by atoms with E-state index in [-0.39, 0.29) is 16.4 Å². The van der Waals surface area contributed by atoms with Gasteiger partial charge in [-0.25, -0.2) is 9.97 Å². The van der Waals surface area contributed by atoms with E-state index in [1.54, 1.807) is 6.07 Å². The summed E-state index contributed by atoms with van der Waals surface area (Å²) in [5.74, 6) is 2.43. The van der Waals surface area contributed by atoms with Crippen molar-refractivity contribution in [3.05, 3.63) is 72.1 Å². The third-order valence-corrected chi connectivity index (χ3v) is 6.05. The van der Waals surface area contributed by atoms with E-state index >= 15 is 0 Å². The lowest BCUT2D eigenvalue weighted by atomic mass is 10.1. The first-order valence-electron chi connectivity index (χ1n) is 10.5. The Morgan fingerprint density at radius 1 is 1.03 bits per heavy atom. The highest BCUT2D eigenvalue weighted by molar-refractivity contribution is 8.15. The number of benzene rings is 2. The van der Waals surface area contributed by atoms with E-state index in [4.69, 9.17) is 9.47 Å². The molecule has 0 bridgehead atoms. The largest absolute Gasteiger partial charge is 0.492 e. The van der Waals surface area contributed by atoms with Crippen molar-refractivity contribution < 1.29 is 19.1 Å². The van der Waals surface area contributed by atoms with Crippen LogP contribution in [0.3, 0.4) is 0 Å². The molecule has 2 aromatic carbocycles. The Morgan fingerprint density at radius 3 is 2.45 bits per heavy atom. The second kappa shape index (κ2) is 10.4. The van der Waals surface area contributed by atoms with E-state index in [1.165, 1.54) is 6.33 Å². The van der Waals surface area contributed by atoms with Crippen molar-refractivity contribution in [1.82, 2.24) is 15.3 Å². The molecule has 0 aliphatic carbocycles. The summed E-state index contributed by atoms with van der Waals surface area (Å²) in [7, 11) is 1.93. The van der Waals surface area contributed by atoms with Gasteiger partial charge in [0.05, 0.1) is 11.8 Å². The third-order valence-electron chi connectivity index (χ3n) is 5.07. The SMILES string of the molecule is Cc1ccc(Oc2cc(N(C)CCOc3ccc(CC4SC(=O)NC4=O)cc3)ncn2)cc1. The van der Waals surface area contributed by atoms with E-state index in [1.807, 2.05) is 67.4 Å². The Bertz CT molecular complexity index is 1120.